The SMILES string of the molecule is CC(C)NCC(C)S(=O)(=O)N1CCN(C)CC1C. The number of rotatable bonds is 5. The van der Waals surface area contributed by atoms with Crippen molar-refractivity contribution in [3.05, 3.63) is 0 Å². The van der Waals surface area contributed by atoms with E-state index in [2.05, 4.69) is 10.2 Å². The highest BCUT2D eigenvalue weighted by Crippen LogP contribution is 2.16. The minimum atomic E-state index is -3.19. The fraction of sp³-hybridized carbons (Fsp3) is 1.00. The van der Waals surface area contributed by atoms with Gasteiger partial charge in [-0.2, -0.15) is 4.31 Å². The molecule has 2 atom stereocenters. The Morgan fingerprint density at radius 3 is 2.39 bits per heavy atom. The number of hydrogen-bond donors (Lipinski definition) is 1. The summed E-state index contributed by atoms with van der Waals surface area (Å²) in [5.74, 6) is 0. The van der Waals surface area contributed by atoms with Crippen molar-refractivity contribution in [2.75, 3.05) is 33.2 Å². The molecule has 1 saturated heterocycles. The monoisotopic (exact) mass is 277 g/mol. The van der Waals surface area contributed by atoms with Gasteiger partial charge < -0.3 is 10.2 Å². The van der Waals surface area contributed by atoms with Gasteiger partial charge in [0.15, 0.2) is 0 Å². The molecule has 1 fully saturated rings. The lowest BCUT2D eigenvalue weighted by atomic mass is 10.2. The number of hydrogen-bond acceptors (Lipinski definition) is 4. The molecule has 1 heterocycles. The van der Waals surface area contributed by atoms with E-state index in [9.17, 15) is 8.42 Å². The van der Waals surface area contributed by atoms with Crippen LogP contribution in [0.4, 0.5) is 0 Å². The predicted molar refractivity (Wildman–Crippen MR) is 75.2 cm³/mol. The van der Waals surface area contributed by atoms with Crippen molar-refractivity contribution in [3.63, 3.8) is 0 Å². The maximum Gasteiger partial charge on any atom is 0.218 e. The first-order chi connectivity index (χ1) is 8.25. The number of piperazine rings is 1. The molecule has 0 aromatic rings. The standard InChI is InChI=1S/C12H27N3O2S/c1-10(2)13-8-12(4)18(16,17)15-7-6-14(5)9-11(15)3/h10-13H,6-9H2,1-5H3. The molecule has 108 valence electrons. The lowest BCUT2D eigenvalue weighted by Gasteiger charge is -2.38. The highest BCUT2D eigenvalue weighted by Gasteiger charge is 2.34. The third kappa shape index (κ3) is 3.91. The molecule has 0 amide bonds. The van der Waals surface area contributed by atoms with Gasteiger partial charge >= 0.3 is 0 Å². The summed E-state index contributed by atoms with van der Waals surface area (Å²) in [6, 6.07) is 0.378. The van der Waals surface area contributed by atoms with Crippen LogP contribution in [0.2, 0.25) is 0 Å². The Hall–Kier alpha value is -0.170. The Bertz CT molecular complexity index is 356. The van der Waals surface area contributed by atoms with E-state index in [4.69, 9.17) is 0 Å². The molecule has 6 heteroatoms. The van der Waals surface area contributed by atoms with Gasteiger partial charge in [-0.1, -0.05) is 13.8 Å². The second-order valence-corrected chi connectivity index (χ2v) is 7.94. The molecule has 2 unspecified atom stereocenters. The van der Waals surface area contributed by atoms with Crippen LogP contribution in [-0.4, -0.2) is 68.2 Å². The highest BCUT2D eigenvalue weighted by atomic mass is 32.2. The number of nitrogens with one attached hydrogen (secondary N) is 1. The summed E-state index contributed by atoms with van der Waals surface area (Å²) >= 11 is 0. The van der Waals surface area contributed by atoms with Crippen LogP contribution >= 0.6 is 0 Å². The van der Waals surface area contributed by atoms with Gasteiger partial charge in [-0.15, -0.1) is 0 Å². The zero-order chi connectivity index (χ0) is 13.9. The predicted octanol–water partition coefficient (Wildman–Crippen LogP) is 0.339. The van der Waals surface area contributed by atoms with Crippen LogP contribution in [0.15, 0.2) is 0 Å². The van der Waals surface area contributed by atoms with E-state index in [1.807, 2.05) is 27.8 Å². The summed E-state index contributed by atoms with van der Waals surface area (Å²) in [5.41, 5.74) is 0. The topological polar surface area (TPSA) is 52.7 Å². The summed E-state index contributed by atoms with van der Waals surface area (Å²) in [7, 11) is -1.15. The molecule has 0 spiro atoms. The van der Waals surface area contributed by atoms with Crippen LogP contribution in [-0.2, 0) is 10.0 Å². The van der Waals surface area contributed by atoms with E-state index in [0.29, 0.717) is 19.1 Å². The third-order valence-corrected chi connectivity index (χ3v) is 5.80. The molecule has 1 N–H and O–H groups in total. The fourth-order valence-electron chi connectivity index (χ4n) is 2.24. The molecule has 1 rings (SSSR count). The Morgan fingerprint density at radius 2 is 1.89 bits per heavy atom. The Kier molecular flexibility index (Phi) is 5.58. The van der Waals surface area contributed by atoms with Crippen LogP contribution in [0.25, 0.3) is 0 Å². The average Bonchev–Trinajstić information content (AvgIpc) is 2.24. The second kappa shape index (κ2) is 6.32. The Balaban J connectivity index is 2.67. The van der Waals surface area contributed by atoms with Gasteiger partial charge in [0.25, 0.3) is 0 Å². The molecule has 0 radical (unpaired) electrons. The quantitative estimate of drug-likeness (QED) is 0.787. The van der Waals surface area contributed by atoms with Gasteiger partial charge in [0.1, 0.15) is 0 Å². The van der Waals surface area contributed by atoms with Crippen LogP contribution < -0.4 is 5.32 Å². The molecular weight excluding hydrogens is 250 g/mol. The van der Waals surface area contributed by atoms with Crippen LogP contribution in [0.5, 0.6) is 0 Å². The molecule has 18 heavy (non-hydrogen) atoms. The molecule has 5 nitrogen and oxygen atoms in total. The van der Waals surface area contributed by atoms with Crippen molar-refractivity contribution < 1.29 is 8.42 Å². The molecule has 0 aliphatic carbocycles. The molecule has 1 aliphatic rings. The molecule has 0 saturated carbocycles. The minimum absolute atomic E-state index is 0.0650. The first kappa shape index (κ1) is 15.9. The normalized spacial score (nSPS) is 25.6. The van der Waals surface area contributed by atoms with Crippen LogP contribution in [0.3, 0.4) is 0 Å². The van der Waals surface area contributed by atoms with E-state index < -0.39 is 10.0 Å². The highest BCUT2D eigenvalue weighted by molar-refractivity contribution is 7.89. The fourth-order valence-corrected chi connectivity index (χ4v) is 3.91. The Morgan fingerprint density at radius 1 is 1.28 bits per heavy atom. The summed E-state index contributed by atoms with van der Waals surface area (Å²) < 4.78 is 26.6. The summed E-state index contributed by atoms with van der Waals surface area (Å²) in [4.78, 5) is 2.17. The van der Waals surface area contributed by atoms with E-state index in [1.165, 1.54) is 0 Å². The lowest BCUT2D eigenvalue weighted by molar-refractivity contribution is 0.169. The van der Waals surface area contributed by atoms with Crippen molar-refractivity contribution in [2.45, 2.75) is 45.0 Å². The smallest absolute Gasteiger partial charge is 0.218 e. The molecule has 1 aliphatic heterocycles. The first-order valence-electron chi connectivity index (χ1n) is 6.67. The van der Waals surface area contributed by atoms with Crippen LogP contribution in [0.1, 0.15) is 27.7 Å². The summed E-state index contributed by atoms with van der Waals surface area (Å²) in [6.45, 7) is 10.6. The van der Waals surface area contributed by atoms with Gasteiger partial charge in [-0.25, -0.2) is 8.42 Å². The number of sulfonamides is 1. The van der Waals surface area contributed by atoms with Crippen molar-refractivity contribution >= 4 is 10.0 Å². The summed E-state index contributed by atoms with van der Waals surface area (Å²) in [5, 5.41) is 2.83. The van der Waals surface area contributed by atoms with Gasteiger partial charge in [-0.05, 0) is 20.9 Å². The number of nitrogens with zero attached hydrogens (tertiary/aromatic N) is 2. The van der Waals surface area contributed by atoms with E-state index in [-0.39, 0.29) is 11.3 Å². The average molecular weight is 277 g/mol. The summed E-state index contributed by atoms with van der Waals surface area (Å²) in [6.07, 6.45) is 0. The van der Waals surface area contributed by atoms with E-state index in [0.717, 1.165) is 13.1 Å². The van der Waals surface area contributed by atoms with Crippen molar-refractivity contribution in [1.82, 2.24) is 14.5 Å². The van der Waals surface area contributed by atoms with Crippen molar-refractivity contribution in [3.8, 4) is 0 Å². The zero-order valence-electron chi connectivity index (χ0n) is 12.2. The van der Waals surface area contributed by atoms with E-state index >= 15 is 0 Å². The third-order valence-electron chi connectivity index (χ3n) is 3.42. The second-order valence-electron chi connectivity index (χ2n) is 5.64. The number of likely N-dealkylation sites (N-methyl/N-ethyl adjacent to an activating group) is 1. The Labute approximate surface area is 112 Å². The maximum atomic E-state index is 12.5. The molecule has 0 bridgehead atoms. The minimum Gasteiger partial charge on any atom is -0.313 e. The zero-order valence-corrected chi connectivity index (χ0v) is 13.0. The van der Waals surface area contributed by atoms with E-state index in [1.54, 1.807) is 11.2 Å². The van der Waals surface area contributed by atoms with Gasteiger partial charge in [0, 0.05) is 38.3 Å². The van der Waals surface area contributed by atoms with Gasteiger partial charge in [-0.3, -0.25) is 0 Å². The maximum absolute atomic E-state index is 12.5. The first-order valence-corrected chi connectivity index (χ1v) is 8.18. The van der Waals surface area contributed by atoms with Gasteiger partial charge in [0.2, 0.25) is 10.0 Å². The molecule has 0 aromatic carbocycles. The molecular formula is C12H27N3O2S. The van der Waals surface area contributed by atoms with Gasteiger partial charge in [0.05, 0.1) is 5.25 Å². The largest absolute Gasteiger partial charge is 0.313 e. The van der Waals surface area contributed by atoms with Crippen molar-refractivity contribution in [2.24, 2.45) is 0 Å². The van der Waals surface area contributed by atoms with Crippen molar-refractivity contribution in [1.29, 1.82) is 0 Å². The molecule has 0 aromatic heterocycles. The van der Waals surface area contributed by atoms with Crippen LogP contribution in [0, 0.1) is 0 Å². The lowest BCUT2D eigenvalue weighted by Crippen LogP contribution is -2.55.